The standard InChI is InChI=1S/C23H27F3N6O3/c1-5-31(22(34)29-18(23(24,25)26)12-19(33)30(2)3)13-15-7-6-8-16(11-15)17-14-32-10-9-27-20(32)21(28-17)35-4/h6-11,14,18H,5,12-13H2,1-4H3,(H,29,34). The van der Waals surface area contributed by atoms with E-state index in [2.05, 4.69) is 9.97 Å². The summed E-state index contributed by atoms with van der Waals surface area (Å²) in [5, 5.41) is 1.97. The topological polar surface area (TPSA) is 92.1 Å². The van der Waals surface area contributed by atoms with Crippen LogP contribution in [0.15, 0.2) is 42.9 Å². The van der Waals surface area contributed by atoms with Crippen LogP contribution < -0.4 is 10.1 Å². The highest BCUT2D eigenvalue weighted by Crippen LogP contribution is 2.25. The molecule has 3 amide bonds. The number of aromatic nitrogens is 3. The normalized spacial score (nSPS) is 12.3. The molecule has 2 heterocycles. The number of rotatable bonds is 8. The maximum Gasteiger partial charge on any atom is 0.409 e. The third kappa shape index (κ3) is 6.19. The van der Waals surface area contributed by atoms with Gasteiger partial charge in [0.1, 0.15) is 6.04 Å². The first-order valence-electron chi connectivity index (χ1n) is 10.8. The first-order chi connectivity index (χ1) is 16.5. The molecular formula is C23H27F3N6O3. The molecule has 0 saturated heterocycles. The molecule has 0 spiro atoms. The average Bonchev–Trinajstić information content (AvgIpc) is 3.29. The molecule has 1 unspecified atom stereocenters. The predicted octanol–water partition coefficient (Wildman–Crippen LogP) is 3.35. The van der Waals surface area contributed by atoms with Crippen LogP contribution in [0.2, 0.25) is 0 Å². The Kier molecular flexibility index (Phi) is 7.82. The van der Waals surface area contributed by atoms with Crippen LogP contribution in [-0.4, -0.2) is 76.1 Å². The van der Waals surface area contributed by atoms with Gasteiger partial charge in [-0.3, -0.25) is 4.79 Å². The van der Waals surface area contributed by atoms with Crippen LogP contribution in [0.1, 0.15) is 18.9 Å². The molecule has 1 N–H and O–H groups in total. The van der Waals surface area contributed by atoms with E-state index in [1.807, 2.05) is 11.4 Å². The van der Waals surface area contributed by atoms with Crippen molar-refractivity contribution < 1.29 is 27.5 Å². The molecule has 0 aliphatic rings. The van der Waals surface area contributed by atoms with E-state index in [4.69, 9.17) is 4.74 Å². The molecule has 3 aromatic rings. The van der Waals surface area contributed by atoms with Crippen molar-refractivity contribution in [3.8, 4) is 17.1 Å². The summed E-state index contributed by atoms with van der Waals surface area (Å²) in [6.07, 6.45) is -0.479. The minimum absolute atomic E-state index is 0.0623. The Morgan fingerprint density at radius 1 is 1.26 bits per heavy atom. The van der Waals surface area contributed by atoms with Crippen LogP contribution >= 0.6 is 0 Å². The molecule has 0 bridgehead atoms. The first kappa shape index (κ1) is 25.8. The summed E-state index contributed by atoms with van der Waals surface area (Å²) in [7, 11) is 4.21. The third-order valence-corrected chi connectivity index (χ3v) is 5.37. The number of urea groups is 1. The van der Waals surface area contributed by atoms with Crippen LogP contribution in [0.25, 0.3) is 16.9 Å². The zero-order valence-corrected chi connectivity index (χ0v) is 19.8. The molecule has 3 rings (SSSR count). The van der Waals surface area contributed by atoms with Crippen LogP contribution in [-0.2, 0) is 11.3 Å². The number of imidazole rings is 1. The molecule has 0 fully saturated rings. The summed E-state index contributed by atoms with van der Waals surface area (Å²) < 4.78 is 47.5. The summed E-state index contributed by atoms with van der Waals surface area (Å²) in [5.74, 6) is -0.390. The second kappa shape index (κ2) is 10.6. The van der Waals surface area contributed by atoms with Crippen molar-refractivity contribution in [2.75, 3.05) is 27.7 Å². The number of benzene rings is 1. The van der Waals surface area contributed by atoms with Crippen LogP contribution in [0.3, 0.4) is 0 Å². The molecule has 0 radical (unpaired) electrons. The fourth-order valence-corrected chi connectivity index (χ4v) is 3.40. The van der Waals surface area contributed by atoms with Crippen molar-refractivity contribution in [3.05, 3.63) is 48.4 Å². The van der Waals surface area contributed by atoms with E-state index in [0.717, 1.165) is 10.5 Å². The second-order valence-corrected chi connectivity index (χ2v) is 8.04. The van der Waals surface area contributed by atoms with Crippen LogP contribution in [0.4, 0.5) is 18.0 Å². The molecule has 12 heteroatoms. The van der Waals surface area contributed by atoms with Gasteiger partial charge in [-0.05, 0) is 18.6 Å². The largest absolute Gasteiger partial charge is 0.478 e. The number of nitrogens with zero attached hydrogens (tertiary/aromatic N) is 5. The highest BCUT2D eigenvalue weighted by Gasteiger charge is 2.42. The van der Waals surface area contributed by atoms with Gasteiger partial charge >= 0.3 is 12.2 Å². The highest BCUT2D eigenvalue weighted by molar-refractivity contribution is 5.79. The van der Waals surface area contributed by atoms with Crippen LogP contribution in [0.5, 0.6) is 5.88 Å². The van der Waals surface area contributed by atoms with Gasteiger partial charge in [0.2, 0.25) is 5.91 Å². The summed E-state index contributed by atoms with van der Waals surface area (Å²) in [6.45, 7) is 1.89. The lowest BCUT2D eigenvalue weighted by atomic mass is 10.1. The van der Waals surface area contributed by atoms with Gasteiger partial charge < -0.3 is 24.3 Å². The summed E-state index contributed by atoms with van der Waals surface area (Å²) >= 11 is 0. The van der Waals surface area contributed by atoms with E-state index in [0.29, 0.717) is 22.8 Å². The van der Waals surface area contributed by atoms with Crippen molar-refractivity contribution in [1.29, 1.82) is 0 Å². The summed E-state index contributed by atoms with van der Waals surface area (Å²) in [5.41, 5.74) is 2.59. The molecule has 188 valence electrons. The number of carbonyl (C=O) groups is 2. The minimum Gasteiger partial charge on any atom is -0.478 e. The van der Waals surface area contributed by atoms with Gasteiger partial charge in [0.15, 0.2) is 5.65 Å². The molecule has 0 aliphatic carbocycles. The van der Waals surface area contributed by atoms with Crippen molar-refractivity contribution in [2.45, 2.75) is 32.1 Å². The number of amides is 3. The molecular weight excluding hydrogens is 465 g/mol. The maximum absolute atomic E-state index is 13.5. The van der Waals surface area contributed by atoms with Gasteiger partial charge in [0.25, 0.3) is 5.88 Å². The predicted molar refractivity (Wildman–Crippen MR) is 123 cm³/mol. The lowest BCUT2D eigenvalue weighted by Crippen LogP contribution is -2.52. The van der Waals surface area contributed by atoms with Gasteiger partial charge in [0.05, 0.1) is 19.2 Å². The lowest BCUT2D eigenvalue weighted by Gasteiger charge is -2.27. The van der Waals surface area contributed by atoms with E-state index >= 15 is 0 Å². The number of alkyl halides is 3. The Morgan fingerprint density at radius 3 is 2.63 bits per heavy atom. The summed E-state index contributed by atoms with van der Waals surface area (Å²) in [4.78, 5) is 35.5. The van der Waals surface area contributed by atoms with E-state index in [-0.39, 0.29) is 13.1 Å². The van der Waals surface area contributed by atoms with Gasteiger partial charge in [-0.2, -0.15) is 13.2 Å². The molecule has 0 saturated carbocycles. The molecule has 1 atom stereocenters. The molecule has 35 heavy (non-hydrogen) atoms. The quantitative estimate of drug-likeness (QED) is 0.521. The molecule has 9 nitrogen and oxygen atoms in total. The second-order valence-electron chi connectivity index (χ2n) is 8.04. The number of ether oxygens (including phenoxy) is 1. The summed E-state index contributed by atoms with van der Waals surface area (Å²) in [6, 6.07) is 3.98. The van der Waals surface area contributed by atoms with Crippen molar-refractivity contribution in [3.63, 3.8) is 0 Å². The highest BCUT2D eigenvalue weighted by atomic mass is 19.4. The van der Waals surface area contributed by atoms with Crippen molar-refractivity contribution in [1.82, 2.24) is 29.5 Å². The molecule has 0 aliphatic heterocycles. The smallest absolute Gasteiger partial charge is 0.409 e. The van der Waals surface area contributed by atoms with Crippen LogP contribution in [0, 0.1) is 0 Å². The average molecular weight is 493 g/mol. The Morgan fingerprint density at radius 2 is 2.00 bits per heavy atom. The monoisotopic (exact) mass is 492 g/mol. The SMILES string of the molecule is CCN(Cc1cccc(-c2cn3ccnc3c(OC)n2)c1)C(=O)NC(CC(=O)N(C)C)C(F)(F)F. The Hall–Kier alpha value is -3.83. The number of hydrogen-bond donors (Lipinski definition) is 1. The zero-order chi connectivity index (χ0) is 25.8. The van der Waals surface area contributed by atoms with Crippen molar-refractivity contribution in [2.24, 2.45) is 0 Å². The lowest BCUT2D eigenvalue weighted by molar-refractivity contribution is -0.162. The van der Waals surface area contributed by atoms with Gasteiger partial charge in [-0.1, -0.05) is 18.2 Å². The van der Waals surface area contributed by atoms with E-state index in [1.54, 1.807) is 48.1 Å². The van der Waals surface area contributed by atoms with E-state index < -0.39 is 30.6 Å². The Bertz CT molecular complexity index is 1190. The maximum atomic E-state index is 13.5. The number of methoxy groups -OCH3 is 1. The van der Waals surface area contributed by atoms with E-state index in [9.17, 15) is 22.8 Å². The number of hydrogen-bond acceptors (Lipinski definition) is 5. The number of fused-ring (bicyclic) bond motifs is 1. The minimum atomic E-state index is -4.77. The number of nitrogens with one attached hydrogen (secondary N) is 1. The Balaban J connectivity index is 1.79. The zero-order valence-electron chi connectivity index (χ0n) is 19.8. The van der Waals surface area contributed by atoms with Gasteiger partial charge in [-0.15, -0.1) is 0 Å². The fraction of sp³-hybridized carbons (Fsp3) is 0.391. The van der Waals surface area contributed by atoms with E-state index in [1.165, 1.54) is 26.1 Å². The number of carbonyl (C=O) groups excluding carboxylic acids is 2. The van der Waals surface area contributed by atoms with Gasteiger partial charge in [0, 0.05) is 51.3 Å². The molecule has 2 aromatic heterocycles. The third-order valence-electron chi connectivity index (χ3n) is 5.37. The fourth-order valence-electron chi connectivity index (χ4n) is 3.40. The van der Waals surface area contributed by atoms with Crippen molar-refractivity contribution >= 4 is 17.6 Å². The number of halogens is 3. The first-order valence-corrected chi connectivity index (χ1v) is 10.8. The van der Waals surface area contributed by atoms with Gasteiger partial charge in [-0.25, -0.2) is 14.8 Å². The molecule has 1 aromatic carbocycles. The Labute approximate surface area is 200 Å².